The molecule has 1 aliphatic heterocycles. The molecule has 2 amide bonds. The number of nitrogens with zero attached hydrogens (tertiary/aromatic N) is 1. The van der Waals surface area contributed by atoms with Crippen molar-refractivity contribution in [3.8, 4) is 0 Å². The zero-order valence-corrected chi connectivity index (χ0v) is 13.4. The lowest BCUT2D eigenvalue weighted by atomic mass is 10.0. The quantitative estimate of drug-likeness (QED) is 0.877. The number of likely N-dealkylation sites (tertiary alicyclic amines) is 1. The van der Waals surface area contributed by atoms with Gasteiger partial charge in [-0.3, -0.25) is 9.59 Å². The van der Waals surface area contributed by atoms with Crippen molar-refractivity contribution in [3.63, 3.8) is 0 Å². The van der Waals surface area contributed by atoms with Gasteiger partial charge in [0.1, 0.15) is 0 Å². The maximum Gasteiger partial charge on any atom is 0.254 e. The molecule has 1 saturated heterocycles. The van der Waals surface area contributed by atoms with Gasteiger partial charge in [-0.25, -0.2) is 0 Å². The molecule has 1 fully saturated rings. The summed E-state index contributed by atoms with van der Waals surface area (Å²) in [6.07, 6.45) is 3.78. The van der Waals surface area contributed by atoms with Gasteiger partial charge < -0.3 is 15.5 Å². The lowest BCUT2D eigenvalue weighted by Gasteiger charge is -2.33. The van der Waals surface area contributed by atoms with Crippen molar-refractivity contribution >= 4 is 17.5 Å². The van der Waals surface area contributed by atoms with Crippen LogP contribution >= 0.6 is 0 Å². The molecule has 0 spiro atoms. The van der Waals surface area contributed by atoms with E-state index in [0.29, 0.717) is 24.6 Å². The SMILES string of the molecule is CNCCC(=O)Nc1ccc(C(=O)N2CCCCC2C)cc1. The average Bonchev–Trinajstić information content (AvgIpc) is 2.53. The Kier molecular flexibility index (Phi) is 5.95. The molecule has 0 aliphatic carbocycles. The first-order valence-electron chi connectivity index (χ1n) is 7.97. The number of anilines is 1. The highest BCUT2D eigenvalue weighted by Gasteiger charge is 2.23. The fraction of sp³-hybridized carbons (Fsp3) is 0.529. The summed E-state index contributed by atoms with van der Waals surface area (Å²) in [7, 11) is 1.81. The van der Waals surface area contributed by atoms with Crippen LogP contribution < -0.4 is 10.6 Å². The predicted octanol–water partition coefficient (Wildman–Crippen LogP) is 2.25. The van der Waals surface area contributed by atoms with Crippen LogP contribution in [0.2, 0.25) is 0 Å². The highest BCUT2D eigenvalue weighted by molar-refractivity contribution is 5.96. The smallest absolute Gasteiger partial charge is 0.254 e. The van der Waals surface area contributed by atoms with E-state index < -0.39 is 0 Å². The van der Waals surface area contributed by atoms with Crippen molar-refractivity contribution in [2.24, 2.45) is 0 Å². The molecule has 2 rings (SSSR count). The molecule has 1 heterocycles. The van der Waals surface area contributed by atoms with E-state index in [1.807, 2.05) is 11.9 Å². The van der Waals surface area contributed by atoms with Crippen molar-refractivity contribution in [2.45, 2.75) is 38.6 Å². The van der Waals surface area contributed by atoms with E-state index in [1.165, 1.54) is 6.42 Å². The maximum absolute atomic E-state index is 12.5. The Morgan fingerprint density at radius 1 is 1.23 bits per heavy atom. The van der Waals surface area contributed by atoms with Gasteiger partial charge in [-0.2, -0.15) is 0 Å². The highest BCUT2D eigenvalue weighted by Crippen LogP contribution is 2.20. The van der Waals surface area contributed by atoms with Crippen molar-refractivity contribution in [1.82, 2.24) is 10.2 Å². The van der Waals surface area contributed by atoms with Crippen LogP contribution in [0.1, 0.15) is 43.0 Å². The second-order valence-corrected chi connectivity index (χ2v) is 5.82. The molecular weight excluding hydrogens is 278 g/mol. The third kappa shape index (κ3) is 4.31. The fourth-order valence-electron chi connectivity index (χ4n) is 2.72. The minimum absolute atomic E-state index is 0.0296. The first-order valence-corrected chi connectivity index (χ1v) is 7.97. The number of rotatable bonds is 5. The zero-order valence-electron chi connectivity index (χ0n) is 13.4. The van der Waals surface area contributed by atoms with Gasteiger partial charge in [0.25, 0.3) is 5.91 Å². The molecule has 1 atom stereocenters. The zero-order chi connectivity index (χ0) is 15.9. The van der Waals surface area contributed by atoms with Crippen LogP contribution in [0, 0.1) is 0 Å². The molecule has 0 bridgehead atoms. The molecule has 1 aromatic carbocycles. The van der Waals surface area contributed by atoms with Crippen LogP contribution in [0.25, 0.3) is 0 Å². The van der Waals surface area contributed by atoms with E-state index >= 15 is 0 Å². The molecule has 1 unspecified atom stereocenters. The standard InChI is InChI=1S/C17H25N3O2/c1-13-5-3-4-12-20(13)17(22)14-6-8-15(9-7-14)19-16(21)10-11-18-2/h6-9,13,18H,3-5,10-12H2,1-2H3,(H,19,21). The number of benzene rings is 1. The van der Waals surface area contributed by atoms with Crippen molar-refractivity contribution in [1.29, 1.82) is 0 Å². The number of carbonyl (C=O) groups is 2. The number of carbonyl (C=O) groups excluding carboxylic acids is 2. The third-order valence-electron chi connectivity index (χ3n) is 4.08. The molecule has 5 nitrogen and oxygen atoms in total. The van der Waals surface area contributed by atoms with E-state index in [0.717, 1.165) is 25.1 Å². The lowest BCUT2D eigenvalue weighted by molar-refractivity contribution is -0.116. The molecule has 0 aromatic heterocycles. The topological polar surface area (TPSA) is 61.4 Å². The van der Waals surface area contributed by atoms with Crippen LogP contribution in [0.4, 0.5) is 5.69 Å². The van der Waals surface area contributed by atoms with Crippen molar-refractivity contribution in [3.05, 3.63) is 29.8 Å². The number of amides is 2. The molecule has 5 heteroatoms. The monoisotopic (exact) mass is 303 g/mol. The van der Waals surface area contributed by atoms with Crippen LogP contribution in [-0.2, 0) is 4.79 Å². The normalized spacial score (nSPS) is 18.1. The predicted molar refractivity (Wildman–Crippen MR) is 88.0 cm³/mol. The van der Waals surface area contributed by atoms with Gasteiger partial charge in [-0.05, 0) is 57.5 Å². The molecule has 0 radical (unpaired) electrons. The Labute approximate surface area is 132 Å². The second kappa shape index (κ2) is 7.94. The first kappa shape index (κ1) is 16.5. The summed E-state index contributed by atoms with van der Waals surface area (Å²) in [6.45, 7) is 3.59. The Hall–Kier alpha value is -1.88. The van der Waals surface area contributed by atoms with Crippen molar-refractivity contribution < 1.29 is 9.59 Å². The van der Waals surface area contributed by atoms with Crippen LogP contribution in [0.3, 0.4) is 0 Å². The van der Waals surface area contributed by atoms with Crippen molar-refractivity contribution in [2.75, 3.05) is 25.5 Å². The Balaban J connectivity index is 1.96. The van der Waals surface area contributed by atoms with Crippen LogP contribution in [-0.4, -0.2) is 42.9 Å². The van der Waals surface area contributed by atoms with E-state index in [1.54, 1.807) is 24.3 Å². The molecule has 120 valence electrons. The summed E-state index contributed by atoms with van der Waals surface area (Å²) >= 11 is 0. The van der Waals surface area contributed by atoms with E-state index in [4.69, 9.17) is 0 Å². The third-order valence-corrected chi connectivity index (χ3v) is 4.08. The summed E-state index contributed by atoms with van der Waals surface area (Å²) in [5.41, 5.74) is 1.41. The molecule has 1 aliphatic rings. The molecule has 2 N–H and O–H groups in total. The van der Waals surface area contributed by atoms with Gasteiger partial charge in [0, 0.05) is 36.8 Å². The molecular formula is C17H25N3O2. The maximum atomic E-state index is 12.5. The number of hydrogen-bond acceptors (Lipinski definition) is 3. The summed E-state index contributed by atoms with van der Waals surface area (Å²) in [6, 6.07) is 7.47. The Bertz CT molecular complexity index is 513. The molecule has 1 aromatic rings. The van der Waals surface area contributed by atoms with E-state index in [-0.39, 0.29) is 11.8 Å². The van der Waals surface area contributed by atoms with E-state index in [2.05, 4.69) is 17.6 Å². The lowest BCUT2D eigenvalue weighted by Crippen LogP contribution is -2.42. The van der Waals surface area contributed by atoms with Gasteiger partial charge in [-0.1, -0.05) is 0 Å². The molecule has 0 saturated carbocycles. The Morgan fingerprint density at radius 2 is 1.95 bits per heavy atom. The van der Waals surface area contributed by atoms with Gasteiger partial charge in [-0.15, -0.1) is 0 Å². The average molecular weight is 303 g/mol. The van der Waals surface area contributed by atoms with Crippen LogP contribution in [0.15, 0.2) is 24.3 Å². The van der Waals surface area contributed by atoms with Gasteiger partial charge in [0.05, 0.1) is 0 Å². The summed E-state index contributed by atoms with van der Waals surface area (Å²) in [4.78, 5) is 26.1. The Morgan fingerprint density at radius 3 is 2.59 bits per heavy atom. The fourth-order valence-corrected chi connectivity index (χ4v) is 2.72. The summed E-state index contributed by atoms with van der Waals surface area (Å²) in [5.74, 6) is 0.0540. The van der Waals surface area contributed by atoms with Gasteiger partial charge in [0.15, 0.2) is 0 Å². The number of nitrogens with one attached hydrogen (secondary N) is 2. The number of hydrogen-bond donors (Lipinski definition) is 2. The minimum Gasteiger partial charge on any atom is -0.336 e. The summed E-state index contributed by atoms with van der Waals surface area (Å²) in [5, 5.41) is 5.77. The second-order valence-electron chi connectivity index (χ2n) is 5.82. The van der Waals surface area contributed by atoms with Gasteiger partial charge >= 0.3 is 0 Å². The first-order chi connectivity index (χ1) is 10.6. The summed E-state index contributed by atoms with van der Waals surface area (Å²) < 4.78 is 0. The highest BCUT2D eigenvalue weighted by atomic mass is 16.2. The molecule has 22 heavy (non-hydrogen) atoms. The number of piperidine rings is 1. The largest absolute Gasteiger partial charge is 0.336 e. The minimum atomic E-state index is -0.0296. The van der Waals surface area contributed by atoms with Crippen LogP contribution in [0.5, 0.6) is 0 Å². The van der Waals surface area contributed by atoms with Gasteiger partial charge in [0.2, 0.25) is 5.91 Å². The van der Waals surface area contributed by atoms with E-state index in [9.17, 15) is 9.59 Å².